The van der Waals surface area contributed by atoms with Gasteiger partial charge in [0.05, 0.1) is 10.7 Å². The molecule has 4 aromatic rings. The van der Waals surface area contributed by atoms with Gasteiger partial charge in [-0.3, -0.25) is 0 Å². The molecule has 4 nitrogen and oxygen atoms in total. The Hall–Kier alpha value is -2.47. The van der Waals surface area contributed by atoms with Crippen LogP contribution in [0, 0.1) is 6.92 Å². The second kappa shape index (κ2) is 7.64. The number of aromatic nitrogens is 3. The molecule has 0 aliphatic heterocycles. The number of thiazole rings is 1. The first-order valence-corrected chi connectivity index (χ1v) is 9.81. The Morgan fingerprint density at radius 2 is 1.78 bits per heavy atom. The monoisotopic (exact) mass is 412 g/mol. The summed E-state index contributed by atoms with van der Waals surface area (Å²) in [6.07, 6.45) is 0. The average molecular weight is 413 g/mol. The molecular weight excluding hydrogens is 399 g/mol. The molecule has 0 unspecified atom stereocenters. The lowest BCUT2D eigenvalue weighted by molar-refractivity contribution is 1.10. The third kappa shape index (κ3) is 4.11. The van der Waals surface area contributed by atoms with Crippen molar-refractivity contribution in [3.05, 3.63) is 76.0 Å². The number of halogens is 2. The second-order valence-corrected chi connectivity index (χ2v) is 7.49. The van der Waals surface area contributed by atoms with Crippen molar-refractivity contribution >= 4 is 46.0 Å². The van der Waals surface area contributed by atoms with Crippen molar-refractivity contribution in [3.8, 4) is 21.8 Å². The van der Waals surface area contributed by atoms with Gasteiger partial charge in [-0.25, -0.2) is 15.0 Å². The Morgan fingerprint density at radius 1 is 0.926 bits per heavy atom. The van der Waals surface area contributed by atoms with Crippen LogP contribution < -0.4 is 5.32 Å². The Kier molecular flexibility index (Phi) is 5.07. The van der Waals surface area contributed by atoms with Gasteiger partial charge < -0.3 is 5.32 Å². The molecule has 2 aromatic carbocycles. The standard InChI is InChI=1S/C20H14Cl2N4S/c1-12-9-18(26-20(22)23-12)24-14-6-4-5-13(10-14)17-11-27-19(25-17)15-7-2-3-8-16(15)21/h2-11H,1H3,(H,23,24,26). The highest BCUT2D eigenvalue weighted by Gasteiger charge is 2.10. The number of aryl methyl sites for hydroxylation is 1. The SMILES string of the molecule is Cc1cc(Nc2cccc(-c3csc(-c4ccccc4Cl)n3)c2)nc(Cl)n1. The van der Waals surface area contributed by atoms with E-state index < -0.39 is 0 Å². The maximum atomic E-state index is 6.29. The van der Waals surface area contributed by atoms with E-state index >= 15 is 0 Å². The van der Waals surface area contributed by atoms with E-state index in [1.807, 2.05) is 66.9 Å². The highest BCUT2D eigenvalue weighted by Crippen LogP contribution is 2.33. The minimum Gasteiger partial charge on any atom is -0.340 e. The molecule has 0 aliphatic rings. The lowest BCUT2D eigenvalue weighted by Gasteiger charge is -2.08. The van der Waals surface area contributed by atoms with Gasteiger partial charge in [0, 0.05) is 34.0 Å². The molecule has 0 fully saturated rings. The third-order valence-corrected chi connectivity index (χ3v) is 5.24. The second-order valence-electron chi connectivity index (χ2n) is 5.89. The summed E-state index contributed by atoms with van der Waals surface area (Å²) in [5, 5.41) is 7.11. The molecule has 2 heterocycles. The first-order chi connectivity index (χ1) is 13.1. The molecular formula is C20H14Cl2N4S. The Labute approximate surface area is 170 Å². The number of anilines is 2. The predicted octanol–water partition coefficient (Wildman–Crippen LogP) is 6.63. The van der Waals surface area contributed by atoms with Gasteiger partial charge in [-0.1, -0.05) is 41.9 Å². The highest BCUT2D eigenvalue weighted by atomic mass is 35.5. The molecule has 4 rings (SSSR count). The van der Waals surface area contributed by atoms with Crippen molar-refractivity contribution in [2.24, 2.45) is 0 Å². The van der Waals surface area contributed by atoms with Crippen LogP contribution in [0.5, 0.6) is 0 Å². The number of nitrogens with zero attached hydrogens (tertiary/aromatic N) is 3. The minimum absolute atomic E-state index is 0.220. The van der Waals surface area contributed by atoms with E-state index in [0.29, 0.717) is 10.8 Å². The predicted molar refractivity (Wildman–Crippen MR) is 113 cm³/mol. The molecule has 0 spiro atoms. The van der Waals surface area contributed by atoms with E-state index in [9.17, 15) is 0 Å². The first kappa shape index (κ1) is 17.9. The first-order valence-electron chi connectivity index (χ1n) is 8.17. The Bertz CT molecular complexity index is 1090. The molecule has 0 radical (unpaired) electrons. The lowest BCUT2D eigenvalue weighted by atomic mass is 10.1. The molecule has 0 amide bonds. The van der Waals surface area contributed by atoms with Crippen molar-refractivity contribution in [2.45, 2.75) is 6.92 Å². The van der Waals surface area contributed by atoms with Crippen LogP contribution in [-0.4, -0.2) is 15.0 Å². The summed E-state index contributed by atoms with van der Waals surface area (Å²) in [7, 11) is 0. The van der Waals surface area contributed by atoms with Crippen molar-refractivity contribution in [1.29, 1.82) is 0 Å². The van der Waals surface area contributed by atoms with Crippen molar-refractivity contribution in [2.75, 3.05) is 5.32 Å². The Morgan fingerprint density at radius 3 is 2.59 bits per heavy atom. The molecule has 0 atom stereocenters. The maximum Gasteiger partial charge on any atom is 0.224 e. The maximum absolute atomic E-state index is 6.29. The fourth-order valence-electron chi connectivity index (χ4n) is 2.67. The lowest BCUT2D eigenvalue weighted by Crippen LogP contribution is -1.97. The van der Waals surface area contributed by atoms with E-state index in [2.05, 4.69) is 15.3 Å². The fraction of sp³-hybridized carbons (Fsp3) is 0.0500. The molecule has 0 saturated heterocycles. The summed E-state index contributed by atoms with van der Waals surface area (Å²) in [6.45, 7) is 1.88. The van der Waals surface area contributed by atoms with Crippen molar-refractivity contribution in [3.63, 3.8) is 0 Å². The molecule has 7 heteroatoms. The van der Waals surface area contributed by atoms with Gasteiger partial charge in [0.25, 0.3) is 0 Å². The van der Waals surface area contributed by atoms with Crippen LogP contribution in [0.1, 0.15) is 5.69 Å². The van der Waals surface area contributed by atoms with Gasteiger partial charge in [-0.15, -0.1) is 11.3 Å². The summed E-state index contributed by atoms with van der Waals surface area (Å²) in [4.78, 5) is 13.0. The van der Waals surface area contributed by atoms with Crippen molar-refractivity contribution in [1.82, 2.24) is 15.0 Å². The molecule has 1 N–H and O–H groups in total. The summed E-state index contributed by atoms with van der Waals surface area (Å²) >= 11 is 13.8. The van der Waals surface area contributed by atoms with Crippen LogP contribution in [0.15, 0.2) is 60.0 Å². The Balaban J connectivity index is 1.62. The molecule has 27 heavy (non-hydrogen) atoms. The minimum atomic E-state index is 0.220. The van der Waals surface area contributed by atoms with Crippen LogP contribution in [0.2, 0.25) is 10.3 Å². The third-order valence-electron chi connectivity index (χ3n) is 3.87. The van der Waals surface area contributed by atoms with E-state index in [0.717, 1.165) is 33.2 Å². The van der Waals surface area contributed by atoms with Crippen LogP contribution in [0.3, 0.4) is 0 Å². The summed E-state index contributed by atoms with van der Waals surface area (Å²) in [5.74, 6) is 0.652. The van der Waals surface area contributed by atoms with E-state index in [4.69, 9.17) is 28.2 Å². The smallest absolute Gasteiger partial charge is 0.224 e. The largest absolute Gasteiger partial charge is 0.340 e. The van der Waals surface area contributed by atoms with Gasteiger partial charge in [-0.05, 0) is 36.7 Å². The van der Waals surface area contributed by atoms with Gasteiger partial charge >= 0.3 is 0 Å². The highest BCUT2D eigenvalue weighted by molar-refractivity contribution is 7.13. The topological polar surface area (TPSA) is 50.7 Å². The zero-order valence-corrected chi connectivity index (χ0v) is 16.6. The summed E-state index contributed by atoms with van der Waals surface area (Å²) in [6, 6.07) is 17.6. The van der Waals surface area contributed by atoms with Gasteiger partial charge in [0.1, 0.15) is 10.8 Å². The number of nitrogens with one attached hydrogen (secondary N) is 1. The zero-order chi connectivity index (χ0) is 18.8. The van der Waals surface area contributed by atoms with E-state index in [-0.39, 0.29) is 5.28 Å². The van der Waals surface area contributed by atoms with Crippen molar-refractivity contribution < 1.29 is 0 Å². The van der Waals surface area contributed by atoms with Gasteiger partial charge in [0.15, 0.2) is 0 Å². The molecule has 0 saturated carbocycles. The number of benzene rings is 2. The molecule has 2 aromatic heterocycles. The van der Waals surface area contributed by atoms with Crippen LogP contribution in [0.25, 0.3) is 21.8 Å². The van der Waals surface area contributed by atoms with E-state index in [1.165, 1.54) is 0 Å². The van der Waals surface area contributed by atoms with Gasteiger partial charge in [-0.2, -0.15) is 0 Å². The zero-order valence-electron chi connectivity index (χ0n) is 14.3. The number of hydrogen-bond donors (Lipinski definition) is 1. The number of rotatable bonds is 4. The van der Waals surface area contributed by atoms with Crippen LogP contribution >= 0.6 is 34.5 Å². The molecule has 0 aliphatic carbocycles. The fourth-order valence-corrected chi connectivity index (χ4v) is 4.04. The molecule has 0 bridgehead atoms. The summed E-state index contributed by atoms with van der Waals surface area (Å²) in [5.41, 5.74) is 4.55. The average Bonchev–Trinajstić information content (AvgIpc) is 3.11. The molecule has 134 valence electrons. The van der Waals surface area contributed by atoms with Crippen LogP contribution in [-0.2, 0) is 0 Å². The quantitative estimate of drug-likeness (QED) is 0.382. The van der Waals surface area contributed by atoms with E-state index in [1.54, 1.807) is 11.3 Å². The van der Waals surface area contributed by atoms with Gasteiger partial charge in [0.2, 0.25) is 5.28 Å². The number of hydrogen-bond acceptors (Lipinski definition) is 5. The normalized spacial score (nSPS) is 10.8. The van der Waals surface area contributed by atoms with Crippen LogP contribution in [0.4, 0.5) is 11.5 Å². The summed E-state index contributed by atoms with van der Waals surface area (Å²) < 4.78 is 0.